The topological polar surface area (TPSA) is 87.6 Å². The maximum atomic E-state index is 10.5. The number of carbonyl (C=O) groups excluding carboxylic acids is 1. The first-order chi connectivity index (χ1) is 12.3. The zero-order valence-corrected chi connectivity index (χ0v) is 16.9. The number of aryl methyl sites for hydroxylation is 1. The number of carbonyl (C=O) groups is 1. The molecule has 2 heterocycles. The lowest BCUT2D eigenvalue weighted by atomic mass is 9.98. The molecule has 7 heteroatoms. The lowest BCUT2D eigenvalue weighted by Crippen LogP contribution is -1.94. The van der Waals surface area contributed by atoms with Crippen molar-refractivity contribution in [1.82, 2.24) is 15.0 Å². The summed E-state index contributed by atoms with van der Waals surface area (Å²) in [7, 11) is 0. The summed E-state index contributed by atoms with van der Waals surface area (Å²) in [5, 5.41) is 2.45. The Morgan fingerprint density at radius 3 is 2.42 bits per heavy atom. The molecule has 0 spiro atoms. The molecular formula is C19H24Cl2N4O. The van der Waals surface area contributed by atoms with Gasteiger partial charge in [-0.1, -0.05) is 56.5 Å². The number of nitrogens with zero attached hydrogens (tertiary/aromatic N) is 1. The Morgan fingerprint density at radius 2 is 1.96 bits per heavy atom. The first-order valence-corrected chi connectivity index (χ1v) is 9.31. The van der Waals surface area contributed by atoms with E-state index in [0.29, 0.717) is 27.6 Å². The molecular weight excluding hydrogens is 371 g/mol. The minimum atomic E-state index is -0.105. The predicted octanol–water partition coefficient (Wildman–Crippen LogP) is 5.75. The van der Waals surface area contributed by atoms with Gasteiger partial charge in [-0.25, -0.2) is 4.98 Å². The van der Waals surface area contributed by atoms with E-state index in [2.05, 4.69) is 41.8 Å². The minimum Gasteiger partial charge on any atom is -0.384 e. The van der Waals surface area contributed by atoms with Gasteiger partial charge in [0.25, 0.3) is 0 Å². The summed E-state index contributed by atoms with van der Waals surface area (Å²) in [6.07, 6.45) is 3.59. The van der Waals surface area contributed by atoms with Crippen LogP contribution in [-0.2, 0) is 6.42 Å². The van der Waals surface area contributed by atoms with Crippen LogP contribution in [0.15, 0.2) is 18.3 Å². The molecule has 140 valence electrons. The first kappa shape index (κ1) is 20.3. The summed E-state index contributed by atoms with van der Waals surface area (Å²) < 4.78 is 0. The molecule has 0 radical (unpaired) electrons. The van der Waals surface area contributed by atoms with Crippen molar-refractivity contribution >= 4 is 45.7 Å². The Kier molecular flexibility index (Phi) is 6.73. The molecule has 3 rings (SSSR count). The lowest BCUT2D eigenvalue weighted by Gasteiger charge is -2.07. The highest BCUT2D eigenvalue weighted by molar-refractivity contribution is 6.45. The molecule has 0 saturated heterocycles. The van der Waals surface area contributed by atoms with E-state index in [4.69, 9.17) is 28.9 Å². The van der Waals surface area contributed by atoms with Gasteiger partial charge in [0.05, 0.1) is 21.8 Å². The number of hydrogen-bond acceptors (Lipinski definition) is 3. The number of fused-ring (bicyclic) bond motifs is 1. The molecule has 0 amide bonds. The predicted molar refractivity (Wildman–Crippen MR) is 109 cm³/mol. The average Bonchev–Trinajstić information content (AvgIpc) is 3.16. The molecule has 0 aliphatic rings. The summed E-state index contributed by atoms with van der Waals surface area (Å²) >= 11 is 12.3. The van der Waals surface area contributed by atoms with Gasteiger partial charge in [0.2, 0.25) is 0 Å². The number of anilines is 1. The highest BCUT2D eigenvalue weighted by Gasteiger charge is 2.16. The van der Waals surface area contributed by atoms with Gasteiger partial charge >= 0.3 is 0 Å². The lowest BCUT2D eigenvalue weighted by molar-refractivity contribution is 0.100. The van der Waals surface area contributed by atoms with Crippen molar-refractivity contribution in [2.75, 3.05) is 5.73 Å². The normalized spacial score (nSPS) is 10.9. The summed E-state index contributed by atoms with van der Waals surface area (Å²) in [6, 6.07) is 3.94. The Morgan fingerprint density at radius 1 is 1.27 bits per heavy atom. The van der Waals surface area contributed by atoms with Crippen molar-refractivity contribution in [3.8, 4) is 0 Å². The number of nitrogen functional groups attached to an aromatic ring is 1. The van der Waals surface area contributed by atoms with E-state index in [1.54, 1.807) is 0 Å². The van der Waals surface area contributed by atoms with E-state index < -0.39 is 0 Å². The number of H-pyrrole nitrogens is 2. The molecule has 4 N–H and O–H groups in total. The van der Waals surface area contributed by atoms with Crippen LogP contribution in [0, 0.1) is 0 Å². The van der Waals surface area contributed by atoms with Crippen LogP contribution in [0.2, 0.25) is 10.0 Å². The molecule has 0 saturated carbocycles. The van der Waals surface area contributed by atoms with E-state index in [9.17, 15) is 4.79 Å². The SMILES string of the molecule is CC(=O)c1ncc(N)[nH]1.CCCc1[nH]c2c(Cl)c(Cl)ccc2c1C(C)C. The second kappa shape index (κ2) is 8.60. The Labute approximate surface area is 163 Å². The van der Waals surface area contributed by atoms with Crippen molar-refractivity contribution < 1.29 is 4.79 Å². The molecule has 0 aliphatic heterocycles. The molecule has 3 aromatic rings. The van der Waals surface area contributed by atoms with Crippen LogP contribution in [0.3, 0.4) is 0 Å². The van der Waals surface area contributed by atoms with Crippen molar-refractivity contribution in [2.45, 2.75) is 46.5 Å². The minimum absolute atomic E-state index is 0.105. The zero-order chi connectivity index (χ0) is 19.4. The quantitative estimate of drug-likeness (QED) is 0.492. The molecule has 0 aliphatic carbocycles. The molecule has 5 nitrogen and oxygen atoms in total. The van der Waals surface area contributed by atoms with Crippen LogP contribution in [0.5, 0.6) is 0 Å². The fraction of sp³-hybridized carbons (Fsp3) is 0.368. The van der Waals surface area contributed by atoms with Crippen LogP contribution in [-0.4, -0.2) is 20.7 Å². The van der Waals surface area contributed by atoms with Gasteiger partial charge in [0.15, 0.2) is 11.6 Å². The van der Waals surface area contributed by atoms with Crippen molar-refractivity contribution in [3.05, 3.63) is 45.5 Å². The molecule has 0 fully saturated rings. The zero-order valence-electron chi connectivity index (χ0n) is 15.4. The van der Waals surface area contributed by atoms with Gasteiger partial charge in [-0.15, -0.1) is 0 Å². The summed E-state index contributed by atoms with van der Waals surface area (Å²) in [4.78, 5) is 20.2. The second-order valence-corrected chi connectivity index (χ2v) is 7.23. The Hall–Kier alpha value is -1.98. The number of aromatic amines is 2. The monoisotopic (exact) mass is 394 g/mol. The average molecular weight is 395 g/mol. The second-order valence-electron chi connectivity index (χ2n) is 6.45. The number of nitrogens with two attached hydrogens (primary N) is 1. The molecule has 1 aromatic carbocycles. The van der Waals surface area contributed by atoms with Crippen LogP contribution in [0.4, 0.5) is 5.82 Å². The third kappa shape index (κ3) is 4.40. The van der Waals surface area contributed by atoms with Crippen LogP contribution >= 0.6 is 23.2 Å². The van der Waals surface area contributed by atoms with Crippen molar-refractivity contribution in [1.29, 1.82) is 0 Å². The largest absolute Gasteiger partial charge is 0.384 e. The van der Waals surface area contributed by atoms with E-state index >= 15 is 0 Å². The fourth-order valence-corrected chi connectivity index (χ4v) is 3.27. The maximum Gasteiger partial charge on any atom is 0.195 e. The van der Waals surface area contributed by atoms with Gasteiger partial charge in [0.1, 0.15) is 5.82 Å². The molecule has 2 aromatic heterocycles. The number of imidazole rings is 1. The molecule has 0 bridgehead atoms. The molecule has 0 atom stereocenters. The van der Waals surface area contributed by atoms with E-state index in [1.165, 1.54) is 29.8 Å². The summed E-state index contributed by atoms with van der Waals surface area (Å²) in [5.74, 6) is 1.11. The van der Waals surface area contributed by atoms with Crippen LogP contribution in [0.25, 0.3) is 10.9 Å². The number of ketones is 1. The molecule has 26 heavy (non-hydrogen) atoms. The number of Topliss-reactive ketones (excluding diaryl/α,β-unsaturated/α-hetero) is 1. The van der Waals surface area contributed by atoms with Gasteiger partial charge in [0, 0.05) is 18.0 Å². The van der Waals surface area contributed by atoms with Gasteiger partial charge in [-0.2, -0.15) is 0 Å². The Balaban J connectivity index is 0.000000228. The standard InChI is InChI=1S/C14H17Cl2N.C5H7N3O/c1-4-5-11-12(8(2)3)9-6-7-10(15)13(16)14(9)17-11;1-3(9)5-7-2-4(6)8-5/h6-8,17H,4-5H2,1-3H3;2H,6H2,1H3,(H,7,8). The highest BCUT2D eigenvalue weighted by atomic mass is 35.5. The number of hydrogen-bond donors (Lipinski definition) is 3. The third-order valence-corrected chi connectivity index (χ3v) is 4.80. The summed E-state index contributed by atoms with van der Waals surface area (Å²) in [6.45, 7) is 8.04. The highest BCUT2D eigenvalue weighted by Crippen LogP contribution is 2.36. The molecule has 0 unspecified atom stereocenters. The number of rotatable bonds is 4. The maximum absolute atomic E-state index is 10.5. The van der Waals surface area contributed by atoms with Crippen LogP contribution in [0.1, 0.15) is 61.9 Å². The fourth-order valence-electron chi connectivity index (χ4n) is 2.90. The van der Waals surface area contributed by atoms with Gasteiger partial charge < -0.3 is 15.7 Å². The number of nitrogens with one attached hydrogen (secondary N) is 2. The smallest absolute Gasteiger partial charge is 0.195 e. The number of halogens is 2. The van der Waals surface area contributed by atoms with Gasteiger partial charge in [-0.3, -0.25) is 4.79 Å². The number of aromatic nitrogens is 3. The van der Waals surface area contributed by atoms with Gasteiger partial charge in [-0.05, 0) is 24.0 Å². The van der Waals surface area contributed by atoms with Crippen molar-refractivity contribution in [3.63, 3.8) is 0 Å². The first-order valence-electron chi connectivity index (χ1n) is 8.56. The van der Waals surface area contributed by atoms with E-state index in [1.807, 2.05) is 6.07 Å². The number of benzene rings is 1. The van der Waals surface area contributed by atoms with E-state index in [-0.39, 0.29) is 5.78 Å². The third-order valence-electron chi connectivity index (χ3n) is 3.99. The summed E-state index contributed by atoms with van der Waals surface area (Å²) in [5.41, 5.74) is 8.89. The van der Waals surface area contributed by atoms with Crippen LogP contribution < -0.4 is 5.73 Å². The van der Waals surface area contributed by atoms with E-state index in [0.717, 1.165) is 18.4 Å². The van der Waals surface area contributed by atoms with Crippen molar-refractivity contribution in [2.24, 2.45) is 0 Å². The Bertz CT molecular complexity index is 912.